The van der Waals surface area contributed by atoms with Gasteiger partial charge in [0.25, 0.3) is 16.8 Å². The number of nitro groups is 1. The second-order valence-electron chi connectivity index (χ2n) is 4.24. The highest BCUT2D eigenvalue weighted by Crippen LogP contribution is 2.36. The molecule has 0 aliphatic rings. The van der Waals surface area contributed by atoms with Crippen LogP contribution in [0.1, 0.15) is 5.76 Å². The number of benzene rings is 1. The maximum atomic E-state index is 10.7. The van der Waals surface area contributed by atoms with Crippen molar-refractivity contribution in [2.75, 3.05) is 0 Å². The third-order valence-corrected chi connectivity index (χ3v) is 4.16. The number of non-ortho nitro benzene ring substituents is 1. The summed E-state index contributed by atoms with van der Waals surface area (Å²) in [5, 5.41) is 19.1. The van der Waals surface area contributed by atoms with Gasteiger partial charge in [0.15, 0.2) is 0 Å². The molecule has 0 amide bonds. The fourth-order valence-corrected chi connectivity index (χ4v) is 2.72. The minimum atomic E-state index is -0.507. The number of hydrogen-bond acceptors (Lipinski definition) is 7. The van der Waals surface area contributed by atoms with Gasteiger partial charge in [0.2, 0.25) is 0 Å². The number of nitrogens with zero attached hydrogens (tertiary/aromatic N) is 3. The summed E-state index contributed by atoms with van der Waals surface area (Å²) in [6.45, 7) is 1.79. The van der Waals surface area contributed by atoms with E-state index in [1.165, 1.54) is 24.5 Å². The smallest absolute Gasteiger partial charge is 0.281 e. The molecule has 9 heteroatoms. The molecule has 3 aromatic rings. The predicted octanol–water partition coefficient (Wildman–Crippen LogP) is 4.35. The first-order valence-electron chi connectivity index (χ1n) is 6.04. The summed E-state index contributed by atoms with van der Waals surface area (Å²) >= 11 is 7.16. The van der Waals surface area contributed by atoms with E-state index in [9.17, 15) is 10.1 Å². The maximum Gasteiger partial charge on any atom is 0.281 e. The van der Waals surface area contributed by atoms with Crippen LogP contribution in [0.2, 0.25) is 5.02 Å². The van der Waals surface area contributed by atoms with Crippen molar-refractivity contribution < 1.29 is 13.8 Å². The highest BCUT2D eigenvalue weighted by molar-refractivity contribution is 7.99. The Balaban J connectivity index is 1.84. The van der Waals surface area contributed by atoms with Crippen molar-refractivity contribution in [1.29, 1.82) is 0 Å². The average Bonchev–Trinajstić information content (AvgIpc) is 3.09. The van der Waals surface area contributed by atoms with Gasteiger partial charge >= 0.3 is 0 Å². The molecule has 0 spiro atoms. The maximum absolute atomic E-state index is 10.7. The average molecular weight is 338 g/mol. The second-order valence-corrected chi connectivity index (χ2v) is 5.64. The molecule has 7 nitrogen and oxygen atoms in total. The normalized spacial score (nSPS) is 10.8. The first-order valence-corrected chi connectivity index (χ1v) is 7.24. The van der Waals surface area contributed by atoms with Gasteiger partial charge in [-0.3, -0.25) is 10.1 Å². The standard InChI is InChI=1S/C13H8ClN3O4S/c1-7-9(4-5-20-7)12-15-16-13(21-12)22-11-3-2-8(17(18)19)6-10(11)14/h2-6H,1H3. The lowest BCUT2D eigenvalue weighted by molar-refractivity contribution is -0.384. The van der Waals surface area contributed by atoms with Crippen LogP contribution in [0.3, 0.4) is 0 Å². The van der Waals surface area contributed by atoms with Crippen LogP contribution in [-0.4, -0.2) is 15.1 Å². The Labute approximate surface area is 133 Å². The lowest BCUT2D eigenvalue weighted by Crippen LogP contribution is -1.87. The zero-order chi connectivity index (χ0) is 15.7. The number of nitro benzene ring substituents is 1. The monoisotopic (exact) mass is 337 g/mol. The Bertz CT molecular complexity index is 845. The van der Waals surface area contributed by atoms with E-state index < -0.39 is 4.92 Å². The molecule has 0 fully saturated rings. The fourth-order valence-electron chi connectivity index (χ4n) is 1.75. The number of rotatable bonds is 4. The van der Waals surface area contributed by atoms with Crippen molar-refractivity contribution in [3.63, 3.8) is 0 Å². The van der Waals surface area contributed by atoms with E-state index in [0.717, 1.165) is 11.8 Å². The third kappa shape index (κ3) is 2.83. The second kappa shape index (κ2) is 5.82. The molecule has 0 radical (unpaired) electrons. The zero-order valence-electron chi connectivity index (χ0n) is 11.1. The van der Waals surface area contributed by atoms with Gasteiger partial charge in [0.1, 0.15) is 5.76 Å². The van der Waals surface area contributed by atoms with Crippen LogP contribution in [0.4, 0.5) is 5.69 Å². The molecule has 0 saturated heterocycles. The van der Waals surface area contributed by atoms with Crippen LogP contribution in [0, 0.1) is 17.0 Å². The van der Waals surface area contributed by atoms with E-state index in [2.05, 4.69) is 10.2 Å². The van der Waals surface area contributed by atoms with Crippen molar-refractivity contribution in [1.82, 2.24) is 10.2 Å². The number of aromatic nitrogens is 2. The number of hydrogen-bond donors (Lipinski definition) is 0. The largest absolute Gasteiger partial charge is 0.469 e. The van der Waals surface area contributed by atoms with E-state index in [1.807, 2.05) is 0 Å². The minimum absolute atomic E-state index is 0.0745. The highest BCUT2D eigenvalue weighted by Gasteiger charge is 2.16. The first-order chi connectivity index (χ1) is 10.5. The summed E-state index contributed by atoms with van der Waals surface area (Å²) in [5.41, 5.74) is 0.642. The Hall–Kier alpha value is -2.32. The topological polar surface area (TPSA) is 95.2 Å². The van der Waals surface area contributed by atoms with Gasteiger partial charge in [-0.1, -0.05) is 11.6 Å². The summed E-state index contributed by atoms with van der Waals surface area (Å²) in [5.74, 6) is 1.01. The third-order valence-electron chi connectivity index (χ3n) is 2.82. The quantitative estimate of drug-likeness (QED) is 0.515. The molecule has 0 bridgehead atoms. The fraction of sp³-hybridized carbons (Fsp3) is 0.0769. The van der Waals surface area contributed by atoms with E-state index in [0.29, 0.717) is 22.1 Å². The van der Waals surface area contributed by atoms with E-state index in [1.54, 1.807) is 13.0 Å². The molecule has 1 aromatic carbocycles. The molecule has 2 aromatic heterocycles. The molecular formula is C13H8ClN3O4S. The molecule has 0 aliphatic carbocycles. The Morgan fingerprint density at radius 1 is 1.32 bits per heavy atom. The Morgan fingerprint density at radius 3 is 2.77 bits per heavy atom. The summed E-state index contributed by atoms with van der Waals surface area (Å²) in [7, 11) is 0. The molecule has 112 valence electrons. The summed E-state index contributed by atoms with van der Waals surface area (Å²) in [4.78, 5) is 10.8. The SMILES string of the molecule is Cc1occc1-c1nnc(Sc2ccc([N+](=O)[O-])cc2Cl)o1. The summed E-state index contributed by atoms with van der Waals surface area (Å²) < 4.78 is 10.7. The number of aryl methyl sites for hydroxylation is 1. The molecule has 0 saturated carbocycles. The zero-order valence-corrected chi connectivity index (χ0v) is 12.7. The summed E-state index contributed by atoms with van der Waals surface area (Å²) in [6, 6.07) is 5.92. The van der Waals surface area contributed by atoms with Gasteiger partial charge in [-0.15, -0.1) is 10.2 Å². The molecule has 0 N–H and O–H groups in total. The van der Waals surface area contributed by atoms with Crippen LogP contribution in [0.5, 0.6) is 0 Å². The molecule has 0 aliphatic heterocycles. The summed E-state index contributed by atoms with van der Waals surface area (Å²) in [6.07, 6.45) is 1.54. The molecule has 3 rings (SSSR count). The van der Waals surface area contributed by atoms with Crippen LogP contribution in [0.15, 0.2) is 49.5 Å². The van der Waals surface area contributed by atoms with Crippen LogP contribution < -0.4 is 0 Å². The lowest BCUT2D eigenvalue weighted by atomic mass is 10.3. The van der Waals surface area contributed by atoms with Gasteiger partial charge in [-0.25, -0.2) is 0 Å². The lowest BCUT2D eigenvalue weighted by Gasteiger charge is -1.99. The van der Waals surface area contributed by atoms with Crippen molar-refractivity contribution >= 4 is 29.1 Å². The molecule has 22 heavy (non-hydrogen) atoms. The van der Waals surface area contributed by atoms with Gasteiger partial charge in [-0.05, 0) is 30.8 Å². The first kappa shape index (κ1) is 14.6. The van der Waals surface area contributed by atoms with E-state index in [-0.39, 0.29) is 15.9 Å². The van der Waals surface area contributed by atoms with Crippen LogP contribution in [0.25, 0.3) is 11.5 Å². The van der Waals surface area contributed by atoms with Crippen molar-refractivity contribution in [2.24, 2.45) is 0 Å². The Morgan fingerprint density at radius 2 is 2.14 bits per heavy atom. The van der Waals surface area contributed by atoms with Crippen LogP contribution >= 0.6 is 23.4 Å². The molecule has 0 unspecified atom stereocenters. The van der Waals surface area contributed by atoms with Crippen molar-refractivity contribution in [3.05, 3.63) is 51.4 Å². The number of furan rings is 1. The molecule has 2 heterocycles. The van der Waals surface area contributed by atoms with Gasteiger partial charge in [0, 0.05) is 17.0 Å². The molecule has 0 atom stereocenters. The minimum Gasteiger partial charge on any atom is -0.469 e. The highest BCUT2D eigenvalue weighted by atomic mass is 35.5. The van der Waals surface area contributed by atoms with Crippen molar-refractivity contribution in [3.8, 4) is 11.5 Å². The van der Waals surface area contributed by atoms with E-state index >= 15 is 0 Å². The van der Waals surface area contributed by atoms with Crippen molar-refractivity contribution in [2.45, 2.75) is 17.0 Å². The van der Waals surface area contributed by atoms with Gasteiger partial charge in [0.05, 0.1) is 21.8 Å². The van der Waals surface area contributed by atoms with E-state index in [4.69, 9.17) is 20.4 Å². The number of halogens is 1. The van der Waals surface area contributed by atoms with Crippen LogP contribution in [-0.2, 0) is 0 Å². The predicted molar refractivity (Wildman–Crippen MR) is 79.0 cm³/mol. The van der Waals surface area contributed by atoms with Gasteiger partial charge in [-0.2, -0.15) is 0 Å². The van der Waals surface area contributed by atoms with Gasteiger partial charge < -0.3 is 8.83 Å². The Kier molecular flexibility index (Phi) is 3.86. The molecular weight excluding hydrogens is 330 g/mol.